The van der Waals surface area contributed by atoms with Gasteiger partial charge < -0.3 is 4.90 Å². The number of aryl methyl sites for hydroxylation is 2. The summed E-state index contributed by atoms with van der Waals surface area (Å²) in [5, 5.41) is 0. The molecule has 1 aliphatic heterocycles. The van der Waals surface area contributed by atoms with Crippen LogP contribution in [-0.4, -0.2) is 23.9 Å². The van der Waals surface area contributed by atoms with Gasteiger partial charge in [-0.1, -0.05) is 43.0 Å². The summed E-state index contributed by atoms with van der Waals surface area (Å²) in [4.78, 5) is 16.8. The molecule has 0 radical (unpaired) electrons. The fraction of sp³-hybridized carbons (Fsp3) is 0.409. The first-order chi connectivity index (χ1) is 12.0. The molecule has 3 heteroatoms. The predicted octanol–water partition coefficient (Wildman–Crippen LogP) is 4.97. The molecule has 2 aromatic carbocycles. The average molecular weight is 352 g/mol. The van der Waals surface area contributed by atoms with Gasteiger partial charge in [-0.3, -0.25) is 4.79 Å². The molecule has 0 spiro atoms. The normalized spacial score (nSPS) is 25.5. The minimum absolute atomic E-state index is 0.0993. The van der Waals surface area contributed by atoms with Crippen LogP contribution in [0.3, 0.4) is 0 Å². The fourth-order valence-electron chi connectivity index (χ4n) is 4.62. The molecular formula is C22H25NOS. The highest BCUT2D eigenvalue weighted by Crippen LogP contribution is 2.46. The molecule has 0 aromatic heterocycles. The molecular weight excluding hydrogens is 326 g/mol. The Balaban J connectivity index is 1.66. The Morgan fingerprint density at radius 3 is 2.76 bits per heavy atom. The number of benzene rings is 2. The maximum atomic E-state index is 12.1. The highest BCUT2D eigenvalue weighted by molar-refractivity contribution is 7.99. The first-order valence-electron chi connectivity index (χ1n) is 9.11. The Hall–Kier alpha value is -1.74. The first kappa shape index (κ1) is 16.7. The minimum Gasteiger partial charge on any atom is -0.342 e. The molecule has 4 rings (SSSR count). The third-order valence-corrected chi connectivity index (χ3v) is 7.32. The van der Waals surface area contributed by atoms with E-state index in [9.17, 15) is 4.79 Å². The van der Waals surface area contributed by atoms with Crippen molar-refractivity contribution >= 4 is 17.7 Å². The van der Waals surface area contributed by atoms with Crippen LogP contribution in [0.5, 0.6) is 0 Å². The van der Waals surface area contributed by atoms with Crippen molar-refractivity contribution in [2.45, 2.75) is 60.8 Å². The molecule has 0 bridgehead atoms. The molecule has 1 saturated heterocycles. The van der Waals surface area contributed by atoms with Gasteiger partial charge >= 0.3 is 0 Å². The fourth-order valence-corrected chi connectivity index (χ4v) is 5.59. The number of rotatable bonds is 2. The van der Waals surface area contributed by atoms with Crippen LogP contribution in [0.1, 0.15) is 42.9 Å². The lowest BCUT2D eigenvalue weighted by atomic mass is 9.63. The standard InChI is InChI=1S/C22H25NOS/c1-15-6-4-5-7-19(15)25-17-9-10-18-16(14-17)8-11-20-22(18,2)13-12-21(24)23(20)3/h4-7,9-10,14,20H,8,11-13H2,1-3H3/t20?,22-/m1/s1. The number of hydrogen-bond acceptors (Lipinski definition) is 2. The molecule has 0 N–H and O–H groups in total. The zero-order chi connectivity index (χ0) is 17.6. The van der Waals surface area contributed by atoms with Crippen LogP contribution >= 0.6 is 11.8 Å². The SMILES string of the molecule is Cc1ccccc1Sc1ccc2c(c1)CCC1N(C)C(=O)CC[C@]21C. The third kappa shape index (κ3) is 2.79. The topological polar surface area (TPSA) is 20.3 Å². The van der Waals surface area contributed by atoms with Crippen molar-refractivity contribution in [3.05, 3.63) is 59.2 Å². The number of nitrogens with zero attached hydrogens (tertiary/aromatic N) is 1. The summed E-state index contributed by atoms with van der Waals surface area (Å²) < 4.78 is 0. The Morgan fingerprint density at radius 2 is 1.96 bits per heavy atom. The Morgan fingerprint density at radius 1 is 1.16 bits per heavy atom. The van der Waals surface area contributed by atoms with Gasteiger partial charge in [0, 0.05) is 34.7 Å². The van der Waals surface area contributed by atoms with Gasteiger partial charge in [0.05, 0.1) is 0 Å². The van der Waals surface area contributed by atoms with Crippen LogP contribution in [-0.2, 0) is 16.6 Å². The molecule has 2 aliphatic rings. The van der Waals surface area contributed by atoms with E-state index in [4.69, 9.17) is 0 Å². The Kier molecular flexibility index (Phi) is 4.15. The molecule has 0 saturated carbocycles. The van der Waals surface area contributed by atoms with Crippen molar-refractivity contribution in [1.82, 2.24) is 4.90 Å². The zero-order valence-electron chi connectivity index (χ0n) is 15.2. The molecule has 25 heavy (non-hydrogen) atoms. The van der Waals surface area contributed by atoms with Crippen molar-refractivity contribution in [2.75, 3.05) is 7.05 Å². The molecule has 2 aromatic rings. The number of likely N-dealkylation sites (tertiary alicyclic amines) is 1. The lowest BCUT2D eigenvalue weighted by molar-refractivity contribution is -0.138. The molecule has 2 atom stereocenters. The summed E-state index contributed by atoms with van der Waals surface area (Å²) >= 11 is 1.85. The van der Waals surface area contributed by atoms with E-state index >= 15 is 0 Å². The molecule has 1 fully saturated rings. The van der Waals surface area contributed by atoms with Crippen molar-refractivity contribution < 1.29 is 4.79 Å². The monoisotopic (exact) mass is 351 g/mol. The first-order valence-corrected chi connectivity index (χ1v) is 9.93. The van der Waals surface area contributed by atoms with Crippen molar-refractivity contribution in [1.29, 1.82) is 0 Å². The molecule has 130 valence electrons. The molecule has 1 unspecified atom stereocenters. The van der Waals surface area contributed by atoms with E-state index in [1.54, 1.807) is 0 Å². The van der Waals surface area contributed by atoms with Gasteiger partial charge in [0.1, 0.15) is 0 Å². The van der Waals surface area contributed by atoms with Crippen LogP contribution in [0, 0.1) is 6.92 Å². The van der Waals surface area contributed by atoms with E-state index in [2.05, 4.69) is 56.3 Å². The number of likely N-dealkylation sites (N-methyl/N-ethyl adjacent to an activating group) is 1. The third-order valence-electron chi connectivity index (χ3n) is 6.16. The molecule has 2 nitrogen and oxygen atoms in total. The van der Waals surface area contributed by atoms with Gasteiger partial charge in [-0.15, -0.1) is 0 Å². The lowest BCUT2D eigenvalue weighted by Gasteiger charge is -2.50. The maximum absolute atomic E-state index is 12.1. The number of carbonyl (C=O) groups is 1. The summed E-state index contributed by atoms with van der Waals surface area (Å²) in [7, 11) is 1.98. The summed E-state index contributed by atoms with van der Waals surface area (Å²) in [6.45, 7) is 4.52. The number of amides is 1. The van der Waals surface area contributed by atoms with Gasteiger partial charge in [0.25, 0.3) is 0 Å². The number of fused-ring (bicyclic) bond motifs is 3. The van der Waals surface area contributed by atoms with E-state index in [0.717, 1.165) is 19.3 Å². The number of piperidine rings is 1. The van der Waals surface area contributed by atoms with Crippen LogP contribution in [0.2, 0.25) is 0 Å². The van der Waals surface area contributed by atoms with Crippen LogP contribution in [0.15, 0.2) is 52.3 Å². The zero-order valence-corrected chi connectivity index (χ0v) is 16.0. The Labute approximate surface area is 154 Å². The maximum Gasteiger partial charge on any atom is 0.222 e. The summed E-state index contributed by atoms with van der Waals surface area (Å²) in [5.74, 6) is 0.303. The molecule has 1 heterocycles. The van der Waals surface area contributed by atoms with E-state index in [-0.39, 0.29) is 5.41 Å². The minimum atomic E-state index is 0.0993. The van der Waals surface area contributed by atoms with Crippen LogP contribution in [0.25, 0.3) is 0 Å². The Bertz CT molecular complexity index is 831. The molecule has 1 aliphatic carbocycles. The van der Waals surface area contributed by atoms with E-state index in [1.807, 2.05) is 23.7 Å². The predicted molar refractivity (Wildman–Crippen MR) is 103 cm³/mol. The highest BCUT2D eigenvalue weighted by Gasteiger charge is 2.46. The average Bonchev–Trinajstić information content (AvgIpc) is 2.60. The lowest BCUT2D eigenvalue weighted by Crippen LogP contribution is -2.56. The smallest absolute Gasteiger partial charge is 0.222 e. The van der Waals surface area contributed by atoms with E-state index < -0.39 is 0 Å². The summed E-state index contributed by atoms with van der Waals surface area (Å²) in [6, 6.07) is 15.9. The van der Waals surface area contributed by atoms with Crippen LogP contribution in [0.4, 0.5) is 0 Å². The van der Waals surface area contributed by atoms with Gasteiger partial charge in [-0.2, -0.15) is 0 Å². The highest BCUT2D eigenvalue weighted by atomic mass is 32.2. The van der Waals surface area contributed by atoms with Gasteiger partial charge in [-0.05, 0) is 61.1 Å². The van der Waals surface area contributed by atoms with Crippen molar-refractivity contribution in [3.8, 4) is 0 Å². The second-order valence-corrected chi connectivity index (χ2v) is 8.78. The van der Waals surface area contributed by atoms with Gasteiger partial charge in [0.15, 0.2) is 0 Å². The quantitative estimate of drug-likeness (QED) is 0.761. The second-order valence-electron chi connectivity index (χ2n) is 7.66. The van der Waals surface area contributed by atoms with E-state index in [0.29, 0.717) is 18.4 Å². The van der Waals surface area contributed by atoms with Crippen molar-refractivity contribution in [2.24, 2.45) is 0 Å². The van der Waals surface area contributed by atoms with Gasteiger partial charge in [-0.25, -0.2) is 0 Å². The number of hydrogen-bond donors (Lipinski definition) is 0. The van der Waals surface area contributed by atoms with E-state index in [1.165, 1.54) is 26.5 Å². The van der Waals surface area contributed by atoms with Gasteiger partial charge in [0.2, 0.25) is 5.91 Å². The second kappa shape index (κ2) is 6.21. The largest absolute Gasteiger partial charge is 0.342 e. The molecule has 1 amide bonds. The van der Waals surface area contributed by atoms with Crippen molar-refractivity contribution in [3.63, 3.8) is 0 Å². The number of carbonyl (C=O) groups excluding carboxylic acids is 1. The summed E-state index contributed by atoms with van der Waals surface area (Å²) in [6.07, 6.45) is 3.78. The summed E-state index contributed by atoms with van der Waals surface area (Å²) in [5.41, 5.74) is 4.35. The van der Waals surface area contributed by atoms with Crippen LogP contribution < -0.4 is 0 Å².